The zero-order chi connectivity index (χ0) is 17.7. The molecule has 2 aromatic rings. The van der Waals surface area contributed by atoms with Crippen LogP contribution in [0.4, 0.5) is 10.1 Å². The van der Waals surface area contributed by atoms with Crippen molar-refractivity contribution in [3.8, 4) is 0 Å². The van der Waals surface area contributed by atoms with Crippen molar-refractivity contribution in [2.45, 2.75) is 18.0 Å². The van der Waals surface area contributed by atoms with Crippen molar-refractivity contribution in [2.24, 2.45) is 12.8 Å². The van der Waals surface area contributed by atoms with Crippen LogP contribution in [0.3, 0.4) is 0 Å². The first-order valence-corrected chi connectivity index (χ1v) is 8.27. The SMILES string of the molecule is Cn1c(CCC(N)=O)nnc1SCC(=O)Nc1ccc(F)c(Cl)c1. The van der Waals surface area contributed by atoms with Gasteiger partial charge in [0.25, 0.3) is 0 Å². The van der Waals surface area contributed by atoms with Crippen LogP contribution in [0.15, 0.2) is 23.4 Å². The number of hydrogen-bond donors (Lipinski definition) is 2. The number of primary amides is 1. The van der Waals surface area contributed by atoms with E-state index in [0.717, 1.165) is 0 Å². The maximum Gasteiger partial charge on any atom is 0.234 e. The molecule has 0 atom stereocenters. The summed E-state index contributed by atoms with van der Waals surface area (Å²) in [6, 6.07) is 3.94. The topological polar surface area (TPSA) is 103 Å². The first-order valence-electron chi connectivity index (χ1n) is 6.91. The third-order valence-electron chi connectivity index (χ3n) is 3.06. The van der Waals surface area contributed by atoms with Gasteiger partial charge in [-0.1, -0.05) is 23.4 Å². The van der Waals surface area contributed by atoms with Crippen LogP contribution < -0.4 is 11.1 Å². The van der Waals surface area contributed by atoms with Crippen molar-refractivity contribution in [2.75, 3.05) is 11.1 Å². The standard InChI is InChI=1S/C14H15ClFN5O2S/c1-21-12(5-4-11(17)22)19-20-14(21)24-7-13(23)18-8-2-3-10(16)9(15)6-8/h2-3,6H,4-5,7H2,1H3,(H2,17,22)(H,18,23). The highest BCUT2D eigenvalue weighted by atomic mass is 35.5. The Bertz CT molecular complexity index is 768. The smallest absolute Gasteiger partial charge is 0.234 e. The first kappa shape index (κ1) is 18.2. The van der Waals surface area contributed by atoms with Crippen LogP contribution in [0.25, 0.3) is 0 Å². The van der Waals surface area contributed by atoms with Crippen LogP contribution in [0.1, 0.15) is 12.2 Å². The predicted octanol–water partition coefficient (Wildman–Crippen LogP) is 1.76. The summed E-state index contributed by atoms with van der Waals surface area (Å²) in [7, 11) is 1.75. The van der Waals surface area contributed by atoms with Crippen LogP contribution in [0.5, 0.6) is 0 Å². The Morgan fingerprint density at radius 1 is 1.42 bits per heavy atom. The second-order valence-electron chi connectivity index (χ2n) is 4.89. The Labute approximate surface area is 146 Å². The Morgan fingerprint density at radius 2 is 2.17 bits per heavy atom. The Kier molecular flexibility index (Phi) is 6.16. The number of thioether (sulfide) groups is 1. The molecule has 7 nitrogen and oxygen atoms in total. The van der Waals surface area contributed by atoms with Gasteiger partial charge in [-0.25, -0.2) is 4.39 Å². The fraction of sp³-hybridized carbons (Fsp3) is 0.286. The van der Waals surface area contributed by atoms with E-state index < -0.39 is 11.7 Å². The summed E-state index contributed by atoms with van der Waals surface area (Å²) in [6.45, 7) is 0. The van der Waals surface area contributed by atoms with Gasteiger partial charge in [-0.15, -0.1) is 10.2 Å². The first-order chi connectivity index (χ1) is 11.4. The zero-order valence-electron chi connectivity index (χ0n) is 12.8. The lowest BCUT2D eigenvalue weighted by Gasteiger charge is -2.06. The molecule has 0 bridgehead atoms. The predicted molar refractivity (Wildman–Crippen MR) is 89.3 cm³/mol. The third kappa shape index (κ3) is 4.93. The lowest BCUT2D eigenvalue weighted by Crippen LogP contribution is -2.15. The minimum atomic E-state index is -0.549. The molecule has 1 aromatic carbocycles. The number of benzene rings is 1. The summed E-state index contributed by atoms with van der Waals surface area (Å²) >= 11 is 6.85. The van der Waals surface area contributed by atoms with Crippen molar-refractivity contribution in [1.29, 1.82) is 0 Å². The van der Waals surface area contributed by atoms with Crippen molar-refractivity contribution in [3.63, 3.8) is 0 Å². The fourth-order valence-corrected chi connectivity index (χ4v) is 2.73. The number of nitrogens with two attached hydrogens (primary N) is 1. The molecule has 0 aliphatic heterocycles. The van der Waals surface area contributed by atoms with Gasteiger partial charge in [0, 0.05) is 25.6 Å². The molecule has 10 heteroatoms. The van der Waals surface area contributed by atoms with Gasteiger partial charge >= 0.3 is 0 Å². The number of amides is 2. The maximum absolute atomic E-state index is 13.1. The van der Waals surface area contributed by atoms with E-state index in [9.17, 15) is 14.0 Å². The Morgan fingerprint density at radius 3 is 2.83 bits per heavy atom. The minimum absolute atomic E-state index is 0.0622. The number of aryl methyl sites for hydroxylation is 1. The highest BCUT2D eigenvalue weighted by Gasteiger charge is 2.12. The molecule has 0 saturated heterocycles. The molecule has 0 aliphatic rings. The minimum Gasteiger partial charge on any atom is -0.370 e. The van der Waals surface area contributed by atoms with Crippen LogP contribution in [-0.2, 0) is 23.1 Å². The van der Waals surface area contributed by atoms with E-state index in [4.69, 9.17) is 17.3 Å². The van der Waals surface area contributed by atoms with Crippen molar-refractivity contribution in [3.05, 3.63) is 34.9 Å². The molecular formula is C14H15ClFN5O2S. The Hall–Kier alpha value is -2.13. The molecule has 0 unspecified atom stereocenters. The largest absolute Gasteiger partial charge is 0.370 e. The second kappa shape index (κ2) is 8.11. The second-order valence-corrected chi connectivity index (χ2v) is 6.24. The van der Waals surface area contributed by atoms with E-state index >= 15 is 0 Å². The van der Waals surface area contributed by atoms with Crippen molar-refractivity contribution >= 4 is 40.9 Å². The molecule has 0 saturated carbocycles. The molecular weight excluding hydrogens is 357 g/mol. The summed E-state index contributed by atoms with van der Waals surface area (Å²) in [5, 5.41) is 11.0. The average Bonchev–Trinajstić information content (AvgIpc) is 2.87. The number of aromatic nitrogens is 3. The van der Waals surface area contributed by atoms with Gasteiger partial charge in [0.15, 0.2) is 5.16 Å². The van der Waals surface area contributed by atoms with E-state index in [0.29, 0.717) is 23.1 Å². The zero-order valence-corrected chi connectivity index (χ0v) is 14.3. The van der Waals surface area contributed by atoms with E-state index in [-0.39, 0.29) is 23.1 Å². The average molecular weight is 372 g/mol. The molecule has 0 fully saturated rings. The number of halogens is 2. The van der Waals surface area contributed by atoms with E-state index in [1.54, 1.807) is 11.6 Å². The van der Waals surface area contributed by atoms with Gasteiger partial charge < -0.3 is 15.6 Å². The molecule has 128 valence electrons. The molecule has 3 N–H and O–H groups in total. The number of rotatable bonds is 7. The lowest BCUT2D eigenvalue weighted by atomic mass is 10.3. The molecule has 0 radical (unpaired) electrons. The quantitative estimate of drug-likeness (QED) is 0.722. The molecule has 1 heterocycles. The Balaban J connectivity index is 1.89. The molecule has 0 aliphatic carbocycles. The van der Waals surface area contributed by atoms with Gasteiger partial charge in [0.1, 0.15) is 11.6 Å². The summed E-state index contributed by atoms with van der Waals surface area (Å²) in [6.07, 6.45) is 0.572. The van der Waals surface area contributed by atoms with Gasteiger partial charge in [-0.2, -0.15) is 0 Å². The molecule has 24 heavy (non-hydrogen) atoms. The molecule has 2 amide bonds. The van der Waals surface area contributed by atoms with Crippen LogP contribution >= 0.6 is 23.4 Å². The summed E-state index contributed by atoms with van der Waals surface area (Å²) < 4.78 is 14.8. The van der Waals surface area contributed by atoms with E-state index in [1.165, 1.54) is 30.0 Å². The highest BCUT2D eigenvalue weighted by Crippen LogP contribution is 2.20. The number of carbonyl (C=O) groups is 2. The van der Waals surface area contributed by atoms with Crippen LogP contribution in [0.2, 0.25) is 5.02 Å². The fourth-order valence-electron chi connectivity index (χ4n) is 1.82. The number of hydrogen-bond acceptors (Lipinski definition) is 5. The van der Waals surface area contributed by atoms with E-state index in [1.807, 2.05) is 0 Å². The van der Waals surface area contributed by atoms with Gasteiger partial charge in [-0.05, 0) is 18.2 Å². The number of carbonyl (C=O) groups excluding carboxylic acids is 2. The number of nitrogens with zero attached hydrogens (tertiary/aromatic N) is 3. The van der Waals surface area contributed by atoms with Gasteiger partial charge in [0.05, 0.1) is 10.8 Å². The monoisotopic (exact) mass is 371 g/mol. The van der Waals surface area contributed by atoms with Crippen LogP contribution in [0, 0.1) is 5.82 Å². The molecule has 2 rings (SSSR count). The molecule has 0 spiro atoms. The van der Waals surface area contributed by atoms with Crippen molar-refractivity contribution < 1.29 is 14.0 Å². The lowest BCUT2D eigenvalue weighted by molar-refractivity contribution is -0.118. The summed E-state index contributed by atoms with van der Waals surface area (Å²) in [5.74, 6) is -0.543. The number of nitrogens with one attached hydrogen (secondary N) is 1. The summed E-state index contributed by atoms with van der Waals surface area (Å²) in [5.41, 5.74) is 5.51. The molecule has 1 aromatic heterocycles. The van der Waals surface area contributed by atoms with Gasteiger partial charge in [-0.3, -0.25) is 9.59 Å². The van der Waals surface area contributed by atoms with E-state index in [2.05, 4.69) is 15.5 Å². The normalized spacial score (nSPS) is 10.6. The third-order valence-corrected chi connectivity index (χ3v) is 4.37. The van der Waals surface area contributed by atoms with Crippen LogP contribution in [-0.4, -0.2) is 32.3 Å². The maximum atomic E-state index is 13.1. The van der Waals surface area contributed by atoms with Crippen molar-refractivity contribution in [1.82, 2.24) is 14.8 Å². The van der Waals surface area contributed by atoms with Gasteiger partial charge in [0.2, 0.25) is 11.8 Å². The summed E-state index contributed by atoms with van der Waals surface area (Å²) in [4.78, 5) is 22.7. The number of anilines is 1. The highest BCUT2D eigenvalue weighted by molar-refractivity contribution is 7.99.